The molecule has 2 N–H and O–H groups in total. The third-order valence-electron chi connectivity index (χ3n) is 4.70. The molecule has 0 bridgehead atoms. The van der Waals surface area contributed by atoms with Gasteiger partial charge in [0.25, 0.3) is 0 Å². The van der Waals surface area contributed by atoms with Crippen LogP contribution in [0.1, 0.15) is 23.5 Å². The molecule has 2 aromatic carbocycles. The summed E-state index contributed by atoms with van der Waals surface area (Å²) in [5, 5.41) is 2.19. The number of nitrogens with one attached hydrogen (secondary N) is 2. The van der Waals surface area contributed by atoms with Gasteiger partial charge in [0.05, 0.1) is 13.5 Å². The average molecular weight is 476 g/mol. The second-order valence-corrected chi connectivity index (χ2v) is 8.03. The third kappa shape index (κ3) is 3.08. The summed E-state index contributed by atoms with van der Waals surface area (Å²) in [5.74, 6) is -0.350. The van der Waals surface area contributed by atoms with E-state index in [1.807, 2.05) is 36.7 Å². The molecule has 0 aliphatic heterocycles. The molecule has 0 atom stereocenters. The maximum absolute atomic E-state index is 12.2. The van der Waals surface area contributed by atoms with E-state index in [9.17, 15) is 4.79 Å². The number of ether oxygens (including phenoxy) is 1. The summed E-state index contributed by atoms with van der Waals surface area (Å²) in [5.41, 5.74) is 4.23. The summed E-state index contributed by atoms with van der Waals surface area (Å²) < 4.78 is 6.98. The number of esters is 1. The van der Waals surface area contributed by atoms with Crippen LogP contribution in [0.3, 0.4) is 0 Å². The number of benzene rings is 2. The zero-order valence-electron chi connectivity index (χ0n) is 14.0. The number of methoxy groups -OCH3 is 1. The van der Waals surface area contributed by atoms with Gasteiger partial charge in [-0.15, -0.1) is 0 Å². The molecule has 0 fully saturated rings. The zero-order chi connectivity index (χ0) is 18.3. The lowest BCUT2D eigenvalue weighted by Gasteiger charge is -2.15. The van der Waals surface area contributed by atoms with E-state index in [0.717, 1.165) is 41.9 Å². The molecule has 2 heterocycles. The molecule has 6 heteroatoms. The van der Waals surface area contributed by atoms with E-state index in [-0.39, 0.29) is 18.3 Å². The molecule has 0 saturated heterocycles. The minimum absolute atomic E-state index is 0.117. The van der Waals surface area contributed by atoms with E-state index < -0.39 is 0 Å². The van der Waals surface area contributed by atoms with Crippen molar-refractivity contribution in [2.75, 3.05) is 7.11 Å². The fourth-order valence-corrected chi connectivity index (χ4v) is 4.17. The highest BCUT2D eigenvalue weighted by Crippen LogP contribution is 2.38. The maximum atomic E-state index is 12.2. The number of halogens is 2. The molecule has 0 spiro atoms. The van der Waals surface area contributed by atoms with Gasteiger partial charge >= 0.3 is 5.97 Å². The number of fused-ring (bicyclic) bond motifs is 2. The fourth-order valence-electron chi connectivity index (χ4n) is 3.44. The first-order chi connectivity index (χ1) is 12.6. The summed E-state index contributed by atoms with van der Waals surface area (Å²) in [6.07, 6.45) is 4.25. The van der Waals surface area contributed by atoms with E-state index in [1.54, 1.807) is 0 Å². The molecular formula is C20H16Br2N2O2. The van der Waals surface area contributed by atoms with Crippen molar-refractivity contribution in [3.05, 3.63) is 68.9 Å². The Hall–Kier alpha value is -2.05. The number of carbonyl (C=O) groups is 1. The van der Waals surface area contributed by atoms with Crippen LogP contribution < -0.4 is 0 Å². The topological polar surface area (TPSA) is 57.9 Å². The van der Waals surface area contributed by atoms with Crippen LogP contribution in [0, 0.1) is 0 Å². The predicted molar refractivity (Wildman–Crippen MR) is 110 cm³/mol. The smallest absolute Gasteiger partial charge is 0.306 e. The van der Waals surface area contributed by atoms with E-state index in [1.165, 1.54) is 7.11 Å². The second kappa shape index (κ2) is 6.93. The van der Waals surface area contributed by atoms with Crippen molar-refractivity contribution in [3.8, 4) is 0 Å². The number of H-pyrrole nitrogens is 2. The van der Waals surface area contributed by atoms with Crippen molar-refractivity contribution in [1.82, 2.24) is 9.97 Å². The lowest BCUT2D eigenvalue weighted by molar-refractivity contribution is -0.140. The summed E-state index contributed by atoms with van der Waals surface area (Å²) in [7, 11) is 1.43. The second-order valence-electron chi connectivity index (χ2n) is 6.20. The van der Waals surface area contributed by atoms with Crippen molar-refractivity contribution in [3.63, 3.8) is 0 Å². The SMILES string of the molecule is COC(=O)CC(c1c[nH]c2ccc(Br)cc12)c1c[nH]c2ccc(Br)cc12. The Bertz CT molecular complexity index is 1030. The van der Waals surface area contributed by atoms with Gasteiger partial charge in [-0.1, -0.05) is 31.9 Å². The van der Waals surface area contributed by atoms with Gasteiger partial charge in [0.2, 0.25) is 0 Å². The largest absolute Gasteiger partial charge is 0.469 e. The molecule has 0 amide bonds. The highest BCUT2D eigenvalue weighted by atomic mass is 79.9. The van der Waals surface area contributed by atoms with Gasteiger partial charge in [-0.25, -0.2) is 0 Å². The highest BCUT2D eigenvalue weighted by molar-refractivity contribution is 9.10. The number of hydrogen-bond donors (Lipinski definition) is 2. The Kier molecular flexibility index (Phi) is 4.63. The van der Waals surface area contributed by atoms with Gasteiger partial charge in [0, 0.05) is 49.1 Å². The third-order valence-corrected chi connectivity index (χ3v) is 5.69. The van der Waals surface area contributed by atoms with Crippen LogP contribution in [0.25, 0.3) is 21.8 Å². The number of hydrogen-bond acceptors (Lipinski definition) is 2. The summed E-state index contributed by atoms with van der Waals surface area (Å²) in [4.78, 5) is 18.8. The van der Waals surface area contributed by atoms with Gasteiger partial charge in [0.1, 0.15) is 0 Å². The van der Waals surface area contributed by atoms with Crippen LogP contribution in [0.4, 0.5) is 0 Å². The Balaban J connectivity index is 1.92. The summed E-state index contributed by atoms with van der Waals surface area (Å²) in [6.45, 7) is 0. The highest BCUT2D eigenvalue weighted by Gasteiger charge is 2.24. The van der Waals surface area contributed by atoms with Crippen LogP contribution in [0.5, 0.6) is 0 Å². The van der Waals surface area contributed by atoms with Crippen LogP contribution in [0.15, 0.2) is 57.7 Å². The summed E-state index contributed by atoms with van der Waals surface area (Å²) >= 11 is 7.09. The van der Waals surface area contributed by atoms with Crippen molar-refractivity contribution < 1.29 is 9.53 Å². The molecule has 132 valence electrons. The maximum Gasteiger partial charge on any atom is 0.306 e. The molecule has 0 saturated carbocycles. The van der Waals surface area contributed by atoms with Crippen LogP contribution in [0.2, 0.25) is 0 Å². The van der Waals surface area contributed by atoms with Crippen LogP contribution in [-0.4, -0.2) is 23.0 Å². The monoisotopic (exact) mass is 474 g/mol. The van der Waals surface area contributed by atoms with E-state index in [4.69, 9.17) is 4.74 Å². The van der Waals surface area contributed by atoms with Gasteiger partial charge < -0.3 is 14.7 Å². The van der Waals surface area contributed by atoms with Crippen molar-refractivity contribution in [2.24, 2.45) is 0 Å². The molecule has 2 aromatic heterocycles. The van der Waals surface area contributed by atoms with E-state index in [0.29, 0.717) is 0 Å². The first kappa shape index (κ1) is 17.4. The molecule has 0 aliphatic carbocycles. The number of rotatable bonds is 4. The Labute approximate surface area is 167 Å². The number of aromatic nitrogens is 2. The first-order valence-electron chi connectivity index (χ1n) is 8.16. The van der Waals surface area contributed by atoms with Crippen LogP contribution in [-0.2, 0) is 9.53 Å². The number of carbonyl (C=O) groups excluding carboxylic acids is 1. The molecule has 4 aromatic rings. The molecule has 0 radical (unpaired) electrons. The standard InChI is InChI=1S/C20H16Br2N2O2/c1-26-20(25)8-13(16-9-23-18-4-2-11(21)6-14(16)18)17-10-24-19-5-3-12(22)7-15(17)19/h2-7,9-10,13,23-24H,8H2,1H3. The Morgan fingerprint density at radius 3 is 1.92 bits per heavy atom. The first-order valence-corrected chi connectivity index (χ1v) is 9.75. The number of aromatic amines is 2. The lowest BCUT2D eigenvalue weighted by Crippen LogP contribution is -2.09. The zero-order valence-corrected chi connectivity index (χ0v) is 17.1. The molecule has 26 heavy (non-hydrogen) atoms. The fraction of sp³-hybridized carbons (Fsp3) is 0.150. The van der Waals surface area contributed by atoms with E-state index in [2.05, 4.69) is 54.0 Å². The summed E-state index contributed by atoms with van der Waals surface area (Å²) in [6, 6.07) is 12.2. The minimum atomic E-state index is -0.233. The molecular weight excluding hydrogens is 460 g/mol. The molecule has 4 rings (SSSR count). The molecule has 0 aliphatic rings. The van der Waals surface area contributed by atoms with Gasteiger partial charge in [-0.2, -0.15) is 0 Å². The molecule has 0 unspecified atom stereocenters. The van der Waals surface area contributed by atoms with Crippen molar-refractivity contribution >= 4 is 59.6 Å². The quantitative estimate of drug-likeness (QED) is 0.362. The van der Waals surface area contributed by atoms with Gasteiger partial charge in [-0.3, -0.25) is 4.79 Å². The van der Waals surface area contributed by atoms with Crippen molar-refractivity contribution in [1.29, 1.82) is 0 Å². The molecule has 4 nitrogen and oxygen atoms in total. The Morgan fingerprint density at radius 1 is 0.962 bits per heavy atom. The van der Waals surface area contributed by atoms with Gasteiger partial charge in [-0.05, 0) is 47.5 Å². The van der Waals surface area contributed by atoms with Crippen molar-refractivity contribution in [2.45, 2.75) is 12.3 Å². The van der Waals surface area contributed by atoms with Gasteiger partial charge in [0.15, 0.2) is 0 Å². The van der Waals surface area contributed by atoms with Crippen LogP contribution >= 0.6 is 31.9 Å². The normalized spacial score (nSPS) is 11.5. The lowest BCUT2D eigenvalue weighted by atomic mass is 9.88. The predicted octanol–water partition coefficient (Wildman–Crippen LogP) is 5.87. The minimum Gasteiger partial charge on any atom is -0.469 e. The Morgan fingerprint density at radius 2 is 1.46 bits per heavy atom. The average Bonchev–Trinajstić information content (AvgIpc) is 3.23. The van der Waals surface area contributed by atoms with E-state index >= 15 is 0 Å².